The SMILES string of the molecule is CNCc1ccc(N2CCC(OC)CC2)c(C#N)c1. The number of nitriles is 1. The van der Waals surface area contributed by atoms with E-state index in [9.17, 15) is 5.26 Å². The minimum absolute atomic E-state index is 0.366. The van der Waals surface area contributed by atoms with E-state index in [4.69, 9.17) is 4.74 Å². The molecular formula is C15H21N3O. The summed E-state index contributed by atoms with van der Waals surface area (Å²) in [4.78, 5) is 2.29. The van der Waals surface area contributed by atoms with Crippen LogP contribution < -0.4 is 10.2 Å². The van der Waals surface area contributed by atoms with Gasteiger partial charge in [0.25, 0.3) is 0 Å². The molecule has 1 N–H and O–H groups in total. The van der Waals surface area contributed by atoms with Gasteiger partial charge in [-0.15, -0.1) is 0 Å². The fourth-order valence-electron chi connectivity index (χ4n) is 2.59. The molecule has 1 aromatic rings. The van der Waals surface area contributed by atoms with Gasteiger partial charge in [0, 0.05) is 26.7 Å². The molecule has 1 saturated heterocycles. The third-order valence-electron chi connectivity index (χ3n) is 3.68. The fourth-order valence-corrected chi connectivity index (χ4v) is 2.59. The van der Waals surface area contributed by atoms with Crippen LogP contribution in [0.15, 0.2) is 18.2 Å². The predicted molar refractivity (Wildman–Crippen MR) is 76.2 cm³/mol. The molecular weight excluding hydrogens is 238 g/mol. The van der Waals surface area contributed by atoms with Crippen molar-refractivity contribution in [1.82, 2.24) is 5.32 Å². The van der Waals surface area contributed by atoms with Crippen LogP contribution in [0.3, 0.4) is 0 Å². The Morgan fingerprint density at radius 1 is 1.42 bits per heavy atom. The van der Waals surface area contributed by atoms with E-state index in [0.717, 1.165) is 49.3 Å². The van der Waals surface area contributed by atoms with Gasteiger partial charge in [-0.05, 0) is 37.6 Å². The Hall–Kier alpha value is -1.57. The normalized spacial score (nSPS) is 16.4. The van der Waals surface area contributed by atoms with E-state index < -0.39 is 0 Å². The van der Waals surface area contributed by atoms with Crippen LogP contribution >= 0.6 is 0 Å². The predicted octanol–water partition coefficient (Wildman–Crippen LogP) is 1.89. The van der Waals surface area contributed by atoms with Crippen LogP contribution in [0.25, 0.3) is 0 Å². The summed E-state index contributed by atoms with van der Waals surface area (Å²) in [6.07, 6.45) is 2.42. The summed E-state index contributed by atoms with van der Waals surface area (Å²) < 4.78 is 5.38. The molecule has 102 valence electrons. The Kier molecular flexibility index (Phi) is 4.78. The zero-order valence-corrected chi connectivity index (χ0v) is 11.6. The molecule has 1 aliphatic rings. The van der Waals surface area contributed by atoms with Gasteiger partial charge in [0.2, 0.25) is 0 Å². The Morgan fingerprint density at radius 2 is 2.16 bits per heavy atom. The van der Waals surface area contributed by atoms with Gasteiger partial charge in [-0.3, -0.25) is 0 Å². The van der Waals surface area contributed by atoms with Crippen LogP contribution in [0.1, 0.15) is 24.0 Å². The summed E-state index contributed by atoms with van der Waals surface area (Å²) in [7, 11) is 3.68. The summed E-state index contributed by atoms with van der Waals surface area (Å²) in [6.45, 7) is 2.71. The molecule has 1 aliphatic heterocycles. The number of benzene rings is 1. The molecule has 1 fully saturated rings. The summed E-state index contributed by atoms with van der Waals surface area (Å²) in [5, 5.41) is 12.4. The number of ether oxygens (including phenoxy) is 1. The fraction of sp³-hybridized carbons (Fsp3) is 0.533. The lowest BCUT2D eigenvalue weighted by molar-refractivity contribution is 0.0819. The lowest BCUT2D eigenvalue weighted by Crippen LogP contribution is -2.37. The van der Waals surface area contributed by atoms with Crippen molar-refractivity contribution in [2.75, 3.05) is 32.1 Å². The van der Waals surface area contributed by atoms with Crippen LogP contribution in [0.4, 0.5) is 5.69 Å². The smallest absolute Gasteiger partial charge is 0.101 e. The first-order valence-electron chi connectivity index (χ1n) is 6.74. The summed E-state index contributed by atoms with van der Waals surface area (Å²) in [6, 6.07) is 8.46. The summed E-state index contributed by atoms with van der Waals surface area (Å²) in [5.41, 5.74) is 2.97. The van der Waals surface area contributed by atoms with Crippen LogP contribution in [0, 0.1) is 11.3 Å². The quantitative estimate of drug-likeness (QED) is 0.897. The van der Waals surface area contributed by atoms with Crippen molar-refractivity contribution < 1.29 is 4.74 Å². The van der Waals surface area contributed by atoms with Crippen molar-refractivity contribution in [3.63, 3.8) is 0 Å². The number of anilines is 1. The molecule has 0 atom stereocenters. The molecule has 0 aliphatic carbocycles. The van der Waals surface area contributed by atoms with Gasteiger partial charge >= 0.3 is 0 Å². The highest BCUT2D eigenvalue weighted by Crippen LogP contribution is 2.25. The second-order valence-electron chi connectivity index (χ2n) is 4.92. The Bertz CT molecular complexity index is 459. The first-order valence-corrected chi connectivity index (χ1v) is 6.74. The minimum Gasteiger partial charge on any atom is -0.381 e. The second-order valence-corrected chi connectivity index (χ2v) is 4.92. The lowest BCUT2D eigenvalue weighted by atomic mass is 10.0. The van der Waals surface area contributed by atoms with Crippen LogP contribution in [-0.2, 0) is 11.3 Å². The van der Waals surface area contributed by atoms with E-state index in [1.54, 1.807) is 7.11 Å². The van der Waals surface area contributed by atoms with Gasteiger partial charge in [0.1, 0.15) is 6.07 Å². The molecule has 2 rings (SSSR count). The molecule has 0 radical (unpaired) electrons. The molecule has 1 aromatic carbocycles. The highest BCUT2D eigenvalue weighted by atomic mass is 16.5. The second kappa shape index (κ2) is 6.55. The van der Waals surface area contributed by atoms with Crippen LogP contribution in [0.5, 0.6) is 0 Å². The largest absolute Gasteiger partial charge is 0.381 e. The van der Waals surface area contributed by atoms with E-state index in [0.29, 0.717) is 6.10 Å². The molecule has 0 unspecified atom stereocenters. The van der Waals surface area contributed by atoms with Crippen molar-refractivity contribution in [3.05, 3.63) is 29.3 Å². The standard InChI is InChI=1S/C15H21N3O/c1-17-11-12-3-4-15(13(9-12)10-16)18-7-5-14(19-2)6-8-18/h3-4,9,14,17H,5-8,11H2,1-2H3. The van der Waals surface area contributed by atoms with Crippen molar-refractivity contribution in [1.29, 1.82) is 5.26 Å². The van der Waals surface area contributed by atoms with Crippen LogP contribution in [0.2, 0.25) is 0 Å². The third kappa shape index (κ3) is 3.25. The van der Waals surface area contributed by atoms with E-state index in [-0.39, 0.29) is 0 Å². The number of piperidine rings is 1. The summed E-state index contributed by atoms with van der Waals surface area (Å²) in [5.74, 6) is 0. The maximum Gasteiger partial charge on any atom is 0.101 e. The zero-order chi connectivity index (χ0) is 13.7. The summed E-state index contributed by atoms with van der Waals surface area (Å²) >= 11 is 0. The first kappa shape index (κ1) is 13.9. The van der Waals surface area contributed by atoms with Gasteiger partial charge < -0.3 is 15.0 Å². The monoisotopic (exact) mass is 259 g/mol. The van der Waals surface area contributed by atoms with Crippen molar-refractivity contribution in [2.24, 2.45) is 0 Å². The van der Waals surface area contributed by atoms with Gasteiger partial charge in [0.15, 0.2) is 0 Å². The maximum atomic E-state index is 9.32. The molecule has 1 heterocycles. The molecule has 0 saturated carbocycles. The number of hydrogen-bond acceptors (Lipinski definition) is 4. The van der Waals surface area contributed by atoms with Crippen molar-refractivity contribution in [3.8, 4) is 6.07 Å². The Morgan fingerprint density at radius 3 is 2.74 bits per heavy atom. The lowest BCUT2D eigenvalue weighted by Gasteiger charge is -2.33. The molecule has 0 aromatic heterocycles. The molecule has 0 bridgehead atoms. The number of methoxy groups -OCH3 is 1. The average molecular weight is 259 g/mol. The van der Waals surface area contributed by atoms with Crippen LogP contribution in [-0.4, -0.2) is 33.4 Å². The Labute approximate surface area is 115 Å². The molecule has 4 heteroatoms. The highest BCUT2D eigenvalue weighted by Gasteiger charge is 2.20. The van der Waals surface area contributed by atoms with Gasteiger partial charge in [-0.25, -0.2) is 0 Å². The van der Waals surface area contributed by atoms with Gasteiger partial charge in [-0.1, -0.05) is 6.07 Å². The first-order chi connectivity index (χ1) is 9.28. The van der Waals surface area contributed by atoms with E-state index in [2.05, 4.69) is 28.4 Å². The van der Waals surface area contributed by atoms with Gasteiger partial charge in [-0.2, -0.15) is 5.26 Å². The number of hydrogen-bond donors (Lipinski definition) is 1. The third-order valence-corrected chi connectivity index (χ3v) is 3.68. The minimum atomic E-state index is 0.366. The molecule has 19 heavy (non-hydrogen) atoms. The van der Waals surface area contributed by atoms with E-state index >= 15 is 0 Å². The number of nitrogens with one attached hydrogen (secondary N) is 1. The van der Waals surface area contributed by atoms with Gasteiger partial charge in [0.05, 0.1) is 17.4 Å². The number of nitrogens with zero attached hydrogens (tertiary/aromatic N) is 2. The average Bonchev–Trinajstić information content (AvgIpc) is 2.47. The maximum absolute atomic E-state index is 9.32. The van der Waals surface area contributed by atoms with Crippen molar-refractivity contribution >= 4 is 5.69 Å². The molecule has 0 amide bonds. The number of rotatable bonds is 4. The van der Waals surface area contributed by atoms with E-state index in [1.165, 1.54) is 0 Å². The molecule has 4 nitrogen and oxygen atoms in total. The van der Waals surface area contributed by atoms with Crippen molar-refractivity contribution in [2.45, 2.75) is 25.5 Å². The molecule has 0 spiro atoms. The highest BCUT2D eigenvalue weighted by molar-refractivity contribution is 5.60. The zero-order valence-electron chi connectivity index (χ0n) is 11.6. The topological polar surface area (TPSA) is 48.3 Å². The van der Waals surface area contributed by atoms with E-state index in [1.807, 2.05) is 13.1 Å². The Balaban J connectivity index is 2.14.